The van der Waals surface area contributed by atoms with Crippen molar-refractivity contribution in [3.05, 3.63) is 0 Å². The number of anilines is 3. The molecule has 20 heavy (non-hydrogen) atoms. The van der Waals surface area contributed by atoms with Gasteiger partial charge in [-0.05, 0) is 32.6 Å². The third-order valence-corrected chi connectivity index (χ3v) is 3.63. The van der Waals surface area contributed by atoms with Crippen LogP contribution in [-0.4, -0.2) is 48.2 Å². The van der Waals surface area contributed by atoms with E-state index in [0.29, 0.717) is 5.95 Å². The first kappa shape index (κ1) is 14.8. The minimum Gasteiger partial charge on any atom is -0.357 e. The highest BCUT2D eigenvalue weighted by atomic mass is 15.4. The van der Waals surface area contributed by atoms with E-state index in [-0.39, 0.29) is 0 Å². The van der Waals surface area contributed by atoms with E-state index in [0.717, 1.165) is 44.5 Å². The molecular weight excluding hydrogens is 252 g/mol. The number of piperidine rings is 1. The number of aromatic nitrogens is 3. The first-order chi connectivity index (χ1) is 9.78. The van der Waals surface area contributed by atoms with E-state index in [2.05, 4.69) is 43.9 Å². The van der Waals surface area contributed by atoms with Gasteiger partial charge in [0.05, 0.1) is 0 Å². The molecule has 0 aliphatic carbocycles. The Bertz CT molecular complexity index is 393. The Labute approximate surface area is 121 Å². The normalized spacial score (nSPS) is 15.2. The molecule has 0 radical (unpaired) electrons. The van der Waals surface area contributed by atoms with Gasteiger partial charge < -0.3 is 15.1 Å². The molecule has 0 saturated carbocycles. The molecule has 0 bridgehead atoms. The molecule has 6 nitrogen and oxygen atoms in total. The molecule has 1 N–H and O–H groups in total. The number of rotatable bonds is 6. The van der Waals surface area contributed by atoms with Crippen molar-refractivity contribution >= 4 is 17.8 Å². The second-order valence-corrected chi connectivity index (χ2v) is 5.14. The second-order valence-electron chi connectivity index (χ2n) is 5.14. The zero-order valence-corrected chi connectivity index (χ0v) is 12.9. The van der Waals surface area contributed by atoms with Crippen molar-refractivity contribution in [3.8, 4) is 0 Å². The summed E-state index contributed by atoms with van der Waals surface area (Å²) in [5.74, 6) is 2.26. The van der Waals surface area contributed by atoms with Crippen molar-refractivity contribution in [3.63, 3.8) is 0 Å². The van der Waals surface area contributed by atoms with Gasteiger partial charge in [0, 0.05) is 33.2 Å². The summed E-state index contributed by atoms with van der Waals surface area (Å²) in [6.07, 6.45) is 4.85. The Morgan fingerprint density at radius 3 is 2.45 bits per heavy atom. The van der Waals surface area contributed by atoms with E-state index in [9.17, 15) is 0 Å². The van der Waals surface area contributed by atoms with Crippen molar-refractivity contribution in [2.45, 2.75) is 39.5 Å². The van der Waals surface area contributed by atoms with E-state index >= 15 is 0 Å². The lowest BCUT2D eigenvalue weighted by atomic mass is 10.1. The Balaban J connectivity index is 2.27. The summed E-state index contributed by atoms with van der Waals surface area (Å²) in [7, 11) is 1.86. The van der Waals surface area contributed by atoms with Crippen molar-refractivity contribution in [2.24, 2.45) is 0 Å². The van der Waals surface area contributed by atoms with E-state index < -0.39 is 0 Å². The van der Waals surface area contributed by atoms with Gasteiger partial charge in [-0.25, -0.2) is 0 Å². The standard InChI is InChI=1S/C14H26N6/c1-4-9-19(5-2)13-16-12(15-3)17-14(18-13)20-10-7-6-8-11-20/h4-11H2,1-3H3,(H,15,16,17,18). The van der Waals surface area contributed by atoms with Crippen LogP contribution in [0.1, 0.15) is 39.5 Å². The van der Waals surface area contributed by atoms with Crippen LogP contribution in [-0.2, 0) is 0 Å². The number of nitrogens with zero attached hydrogens (tertiary/aromatic N) is 5. The molecule has 1 aromatic rings. The molecule has 0 aromatic carbocycles. The number of hydrogen-bond acceptors (Lipinski definition) is 6. The van der Waals surface area contributed by atoms with Crippen LogP contribution < -0.4 is 15.1 Å². The minimum atomic E-state index is 0.658. The topological polar surface area (TPSA) is 57.2 Å². The van der Waals surface area contributed by atoms with Gasteiger partial charge in [-0.1, -0.05) is 6.92 Å². The number of hydrogen-bond donors (Lipinski definition) is 1. The molecule has 0 unspecified atom stereocenters. The first-order valence-corrected chi connectivity index (χ1v) is 7.72. The van der Waals surface area contributed by atoms with Crippen molar-refractivity contribution in [1.29, 1.82) is 0 Å². The molecule has 112 valence electrons. The van der Waals surface area contributed by atoms with Gasteiger partial charge in [0.1, 0.15) is 0 Å². The Morgan fingerprint density at radius 1 is 1.10 bits per heavy atom. The smallest absolute Gasteiger partial charge is 0.231 e. The van der Waals surface area contributed by atoms with Gasteiger partial charge in [0.2, 0.25) is 17.8 Å². The highest BCUT2D eigenvalue weighted by Gasteiger charge is 2.17. The Morgan fingerprint density at radius 2 is 1.85 bits per heavy atom. The SMILES string of the molecule is CCCN(CC)c1nc(NC)nc(N2CCCCC2)n1. The van der Waals surface area contributed by atoms with Gasteiger partial charge in [-0.3, -0.25) is 0 Å². The average molecular weight is 278 g/mol. The molecule has 1 aliphatic heterocycles. The third-order valence-electron chi connectivity index (χ3n) is 3.63. The highest BCUT2D eigenvalue weighted by Crippen LogP contribution is 2.20. The molecule has 0 spiro atoms. The van der Waals surface area contributed by atoms with Crippen LogP contribution >= 0.6 is 0 Å². The summed E-state index contributed by atoms with van der Waals surface area (Å²) in [6, 6.07) is 0. The molecule has 0 atom stereocenters. The van der Waals surface area contributed by atoms with Crippen molar-refractivity contribution < 1.29 is 0 Å². The molecule has 1 aromatic heterocycles. The van der Waals surface area contributed by atoms with E-state index in [4.69, 9.17) is 0 Å². The monoisotopic (exact) mass is 278 g/mol. The van der Waals surface area contributed by atoms with Gasteiger partial charge in [0.15, 0.2) is 0 Å². The Kier molecular flexibility index (Phi) is 5.38. The molecule has 6 heteroatoms. The maximum atomic E-state index is 4.68. The predicted molar refractivity (Wildman–Crippen MR) is 83.6 cm³/mol. The predicted octanol–water partition coefficient (Wildman–Crippen LogP) is 2.14. The summed E-state index contributed by atoms with van der Waals surface area (Å²) in [5.41, 5.74) is 0. The quantitative estimate of drug-likeness (QED) is 0.860. The average Bonchev–Trinajstić information content (AvgIpc) is 2.53. The molecule has 1 aliphatic rings. The number of nitrogens with one attached hydrogen (secondary N) is 1. The summed E-state index contributed by atoms with van der Waals surface area (Å²) in [5, 5.41) is 3.05. The maximum Gasteiger partial charge on any atom is 0.231 e. The molecule has 1 fully saturated rings. The van der Waals surface area contributed by atoms with Crippen LogP contribution in [0.4, 0.5) is 17.8 Å². The molecule has 2 heterocycles. The zero-order chi connectivity index (χ0) is 14.4. The minimum absolute atomic E-state index is 0.658. The lowest BCUT2D eigenvalue weighted by molar-refractivity contribution is 0.567. The fourth-order valence-corrected chi connectivity index (χ4v) is 2.51. The van der Waals surface area contributed by atoms with Crippen molar-refractivity contribution in [2.75, 3.05) is 48.3 Å². The van der Waals surface area contributed by atoms with Gasteiger partial charge in [-0.15, -0.1) is 0 Å². The summed E-state index contributed by atoms with van der Waals surface area (Å²) in [4.78, 5) is 18.2. The molecule has 2 rings (SSSR count). The fraction of sp³-hybridized carbons (Fsp3) is 0.786. The van der Waals surface area contributed by atoms with Crippen LogP contribution in [0.15, 0.2) is 0 Å². The van der Waals surface area contributed by atoms with Crippen LogP contribution in [0.5, 0.6) is 0 Å². The zero-order valence-electron chi connectivity index (χ0n) is 12.9. The van der Waals surface area contributed by atoms with Crippen LogP contribution in [0, 0.1) is 0 Å². The maximum absolute atomic E-state index is 4.68. The van der Waals surface area contributed by atoms with Gasteiger partial charge >= 0.3 is 0 Å². The van der Waals surface area contributed by atoms with Crippen LogP contribution in [0.3, 0.4) is 0 Å². The van der Waals surface area contributed by atoms with Crippen molar-refractivity contribution in [1.82, 2.24) is 15.0 Å². The van der Waals surface area contributed by atoms with Crippen LogP contribution in [0.25, 0.3) is 0 Å². The highest BCUT2D eigenvalue weighted by molar-refractivity contribution is 5.45. The lowest BCUT2D eigenvalue weighted by Gasteiger charge is -2.28. The largest absolute Gasteiger partial charge is 0.357 e. The summed E-state index contributed by atoms with van der Waals surface area (Å²) in [6.45, 7) is 8.30. The molecule has 0 amide bonds. The first-order valence-electron chi connectivity index (χ1n) is 7.72. The summed E-state index contributed by atoms with van der Waals surface area (Å²) < 4.78 is 0. The molecule has 1 saturated heterocycles. The van der Waals surface area contributed by atoms with Gasteiger partial charge in [0.25, 0.3) is 0 Å². The lowest BCUT2D eigenvalue weighted by Crippen LogP contribution is -2.33. The Hall–Kier alpha value is -1.59. The van der Waals surface area contributed by atoms with E-state index in [1.54, 1.807) is 0 Å². The van der Waals surface area contributed by atoms with Gasteiger partial charge in [-0.2, -0.15) is 15.0 Å². The summed E-state index contributed by atoms with van der Waals surface area (Å²) >= 11 is 0. The van der Waals surface area contributed by atoms with E-state index in [1.807, 2.05) is 7.05 Å². The van der Waals surface area contributed by atoms with Crippen LogP contribution in [0.2, 0.25) is 0 Å². The molecular formula is C14H26N6. The second kappa shape index (κ2) is 7.26. The van der Waals surface area contributed by atoms with E-state index in [1.165, 1.54) is 19.3 Å². The third kappa shape index (κ3) is 3.49. The fourth-order valence-electron chi connectivity index (χ4n) is 2.51.